The highest BCUT2D eigenvalue weighted by Crippen LogP contribution is 2.28. The summed E-state index contributed by atoms with van der Waals surface area (Å²) in [7, 11) is 0. The molecule has 1 amide bonds. The van der Waals surface area contributed by atoms with E-state index in [4.69, 9.17) is 14.9 Å². The molecule has 29 heavy (non-hydrogen) atoms. The van der Waals surface area contributed by atoms with Gasteiger partial charge < -0.3 is 24.2 Å². The van der Waals surface area contributed by atoms with Crippen LogP contribution in [0.1, 0.15) is 11.3 Å². The molecule has 1 aliphatic heterocycles. The number of nitrogens with zero attached hydrogens (tertiary/aromatic N) is 4. The van der Waals surface area contributed by atoms with Crippen LogP contribution in [0.4, 0.5) is 6.01 Å². The molecule has 150 valence electrons. The van der Waals surface area contributed by atoms with Crippen molar-refractivity contribution >= 4 is 29.2 Å². The Morgan fingerprint density at radius 1 is 1.17 bits per heavy atom. The minimum Gasteiger partial charge on any atom is -0.424 e. The lowest BCUT2D eigenvalue weighted by Gasteiger charge is -2.21. The Kier molecular flexibility index (Phi) is 5.18. The maximum atomic E-state index is 10.0. The number of oxazole rings is 1. The Morgan fingerprint density at radius 2 is 1.97 bits per heavy atom. The van der Waals surface area contributed by atoms with E-state index >= 15 is 0 Å². The molecule has 0 aliphatic carbocycles. The molecule has 0 radical (unpaired) electrons. The number of morpholine rings is 1. The van der Waals surface area contributed by atoms with Crippen LogP contribution in [0.2, 0.25) is 0 Å². The Hall–Kier alpha value is -3.39. The molecule has 1 saturated heterocycles. The van der Waals surface area contributed by atoms with E-state index in [1.165, 1.54) is 5.56 Å². The largest absolute Gasteiger partial charge is 0.424 e. The van der Waals surface area contributed by atoms with Crippen LogP contribution in [0, 0.1) is 13.8 Å². The second-order valence-electron chi connectivity index (χ2n) is 6.99. The third-order valence-corrected chi connectivity index (χ3v) is 4.95. The number of pyridine rings is 1. The lowest BCUT2D eigenvalue weighted by atomic mass is 10.0. The van der Waals surface area contributed by atoms with Crippen LogP contribution in [0.3, 0.4) is 0 Å². The van der Waals surface area contributed by atoms with Crippen LogP contribution in [-0.2, 0) is 9.53 Å². The molecule has 0 saturated carbocycles. The number of aromatic nitrogens is 3. The first-order valence-electron chi connectivity index (χ1n) is 9.43. The number of nitrogen functional groups attached to an aromatic ring is 1. The molecular weight excluding hydrogens is 370 g/mol. The van der Waals surface area contributed by atoms with Crippen molar-refractivity contribution in [3.05, 3.63) is 47.9 Å². The number of anilines is 1. The van der Waals surface area contributed by atoms with Crippen LogP contribution in [-0.4, -0.2) is 52.0 Å². The van der Waals surface area contributed by atoms with Crippen LogP contribution < -0.4 is 5.73 Å². The summed E-state index contributed by atoms with van der Waals surface area (Å²) in [5, 5.41) is 0. The summed E-state index contributed by atoms with van der Waals surface area (Å²) in [6.07, 6.45) is 4.85. The van der Waals surface area contributed by atoms with Gasteiger partial charge in [-0.05, 0) is 43.2 Å². The lowest BCUT2D eigenvalue weighted by Crippen LogP contribution is -2.34. The first kappa shape index (κ1) is 18.9. The number of amides is 1. The standard InChI is InChI=1S/C16H14N4O.C5H9NO2/c1-9-5-15-18-7-10(2)20(15)8-12(9)11-3-4-14-13(6-11)19-16(17)21-14;7-5-6-1-3-8-4-2-6/h3-8H,1-2H3,(H2,17,19);5H,1-4H2. The van der Waals surface area contributed by atoms with Gasteiger partial charge in [0.2, 0.25) is 6.41 Å². The van der Waals surface area contributed by atoms with Crippen molar-refractivity contribution in [2.45, 2.75) is 13.8 Å². The fourth-order valence-electron chi connectivity index (χ4n) is 3.34. The maximum Gasteiger partial charge on any atom is 0.292 e. The number of imidazole rings is 1. The van der Waals surface area contributed by atoms with E-state index in [9.17, 15) is 4.79 Å². The van der Waals surface area contributed by atoms with Crippen molar-refractivity contribution in [3.8, 4) is 11.1 Å². The van der Waals surface area contributed by atoms with Gasteiger partial charge in [0, 0.05) is 36.7 Å². The first-order chi connectivity index (χ1) is 14.0. The third kappa shape index (κ3) is 3.93. The summed E-state index contributed by atoms with van der Waals surface area (Å²) in [4.78, 5) is 20.3. The number of benzene rings is 1. The van der Waals surface area contributed by atoms with E-state index in [0.29, 0.717) is 18.8 Å². The monoisotopic (exact) mass is 393 g/mol. The molecule has 5 rings (SSSR count). The summed E-state index contributed by atoms with van der Waals surface area (Å²) in [5.74, 6) is 0. The average Bonchev–Trinajstić information content (AvgIpc) is 3.29. The van der Waals surface area contributed by atoms with E-state index in [-0.39, 0.29) is 6.01 Å². The zero-order chi connectivity index (χ0) is 20.4. The Bertz CT molecular complexity index is 1160. The van der Waals surface area contributed by atoms with Crippen LogP contribution in [0.15, 0.2) is 41.1 Å². The highest BCUT2D eigenvalue weighted by atomic mass is 16.5. The summed E-state index contributed by atoms with van der Waals surface area (Å²) in [6, 6.07) is 8.20. The second-order valence-corrected chi connectivity index (χ2v) is 6.99. The third-order valence-electron chi connectivity index (χ3n) is 4.95. The number of fused-ring (bicyclic) bond motifs is 2. The predicted molar refractivity (Wildman–Crippen MR) is 111 cm³/mol. The lowest BCUT2D eigenvalue weighted by molar-refractivity contribution is -0.121. The number of hydrogen-bond donors (Lipinski definition) is 1. The Balaban J connectivity index is 0.000000216. The Labute approximate surface area is 167 Å². The first-order valence-corrected chi connectivity index (χ1v) is 9.43. The molecule has 4 heterocycles. The van der Waals surface area contributed by atoms with E-state index in [0.717, 1.165) is 47.5 Å². The van der Waals surface area contributed by atoms with Gasteiger partial charge in [0.1, 0.15) is 11.2 Å². The molecule has 0 unspecified atom stereocenters. The van der Waals surface area contributed by atoms with Gasteiger partial charge in [-0.2, -0.15) is 4.98 Å². The van der Waals surface area contributed by atoms with Crippen LogP contribution in [0.25, 0.3) is 27.9 Å². The number of hydrogen-bond acceptors (Lipinski definition) is 6. The molecule has 8 nitrogen and oxygen atoms in total. The van der Waals surface area contributed by atoms with Crippen molar-refractivity contribution in [2.24, 2.45) is 0 Å². The highest BCUT2D eigenvalue weighted by molar-refractivity contribution is 5.82. The molecule has 0 bridgehead atoms. The van der Waals surface area contributed by atoms with Gasteiger partial charge in [-0.25, -0.2) is 4.98 Å². The van der Waals surface area contributed by atoms with E-state index in [2.05, 4.69) is 33.6 Å². The van der Waals surface area contributed by atoms with Gasteiger partial charge >= 0.3 is 0 Å². The molecule has 1 fully saturated rings. The van der Waals surface area contributed by atoms with E-state index in [1.807, 2.05) is 31.3 Å². The molecule has 0 spiro atoms. The zero-order valence-electron chi connectivity index (χ0n) is 16.5. The quantitative estimate of drug-likeness (QED) is 0.526. The molecule has 1 aliphatic rings. The predicted octanol–water partition coefficient (Wildman–Crippen LogP) is 2.82. The van der Waals surface area contributed by atoms with Crippen molar-refractivity contribution in [1.82, 2.24) is 19.3 Å². The van der Waals surface area contributed by atoms with Gasteiger partial charge in [0.15, 0.2) is 5.58 Å². The molecular formula is C21H23N5O3. The summed E-state index contributed by atoms with van der Waals surface area (Å²) < 4.78 is 12.4. The highest BCUT2D eigenvalue weighted by Gasteiger charge is 2.10. The number of ether oxygens (including phenoxy) is 1. The van der Waals surface area contributed by atoms with Gasteiger partial charge in [-0.3, -0.25) is 4.79 Å². The minimum atomic E-state index is 0.194. The average molecular weight is 393 g/mol. The molecule has 4 aromatic rings. The van der Waals surface area contributed by atoms with Crippen molar-refractivity contribution in [1.29, 1.82) is 0 Å². The van der Waals surface area contributed by atoms with Crippen LogP contribution >= 0.6 is 0 Å². The molecule has 2 N–H and O–H groups in total. The van der Waals surface area contributed by atoms with Gasteiger partial charge in [-0.1, -0.05) is 6.07 Å². The summed E-state index contributed by atoms with van der Waals surface area (Å²) >= 11 is 0. The van der Waals surface area contributed by atoms with Gasteiger partial charge in [0.25, 0.3) is 6.01 Å². The minimum absolute atomic E-state index is 0.194. The van der Waals surface area contributed by atoms with Crippen molar-refractivity contribution in [3.63, 3.8) is 0 Å². The normalized spacial score (nSPS) is 14.1. The van der Waals surface area contributed by atoms with Gasteiger partial charge in [-0.15, -0.1) is 0 Å². The van der Waals surface area contributed by atoms with E-state index < -0.39 is 0 Å². The maximum absolute atomic E-state index is 10.0. The molecule has 1 aromatic carbocycles. The summed E-state index contributed by atoms with van der Waals surface area (Å²) in [5.41, 5.74) is 12.5. The summed E-state index contributed by atoms with van der Waals surface area (Å²) in [6.45, 7) is 7.02. The number of carbonyl (C=O) groups is 1. The van der Waals surface area contributed by atoms with Crippen molar-refractivity contribution in [2.75, 3.05) is 32.0 Å². The number of carbonyl (C=O) groups excluding carboxylic acids is 1. The smallest absolute Gasteiger partial charge is 0.292 e. The second kappa shape index (κ2) is 7.92. The fraction of sp³-hybridized carbons (Fsp3) is 0.286. The van der Waals surface area contributed by atoms with Crippen molar-refractivity contribution < 1.29 is 13.9 Å². The van der Waals surface area contributed by atoms with Crippen LogP contribution in [0.5, 0.6) is 0 Å². The van der Waals surface area contributed by atoms with Gasteiger partial charge in [0.05, 0.1) is 13.2 Å². The zero-order valence-corrected chi connectivity index (χ0v) is 16.5. The number of aryl methyl sites for hydroxylation is 2. The fourth-order valence-corrected chi connectivity index (χ4v) is 3.34. The topological polar surface area (TPSA) is 98.9 Å². The Morgan fingerprint density at radius 3 is 2.69 bits per heavy atom. The number of rotatable bonds is 2. The SMILES string of the molecule is Cc1cc2ncc(C)n2cc1-c1ccc2oc(N)nc2c1.O=CN1CCOCC1. The molecule has 0 atom stereocenters. The van der Waals surface area contributed by atoms with E-state index in [1.54, 1.807) is 4.90 Å². The number of nitrogens with two attached hydrogens (primary N) is 1. The molecule has 8 heteroatoms. The molecule has 3 aromatic heterocycles.